The van der Waals surface area contributed by atoms with Crippen LogP contribution < -0.4 is 11.5 Å². The highest BCUT2D eigenvalue weighted by Crippen LogP contribution is 2.24. The van der Waals surface area contributed by atoms with Gasteiger partial charge >= 0.3 is 11.8 Å². The van der Waals surface area contributed by atoms with E-state index in [4.69, 9.17) is 10.2 Å². The molecule has 1 aliphatic rings. The van der Waals surface area contributed by atoms with Crippen LogP contribution in [0.5, 0.6) is 0 Å². The molecule has 0 bridgehead atoms. The third-order valence-electron chi connectivity index (χ3n) is 4.83. The van der Waals surface area contributed by atoms with Crippen molar-refractivity contribution in [1.29, 1.82) is 0 Å². The van der Waals surface area contributed by atoms with Crippen molar-refractivity contribution in [3.05, 3.63) is 57.8 Å². The van der Waals surface area contributed by atoms with Gasteiger partial charge in [-0.2, -0.15) is 0 Å². The van der Waals surface area contributed by atoms with E-state index in [2.05, 4.69) is 4.98 Å². The maximum absolute atomic E-state index is 13.2. The zero-order valence-corrected chi connectivity index (χ0v) is 15.5. The Balaban J connectivity index is 1.76. The molecule has 0 spiro atoms. The molecule has 0 unspecified atom stereocenters. The monoisotopic (exact) mass is 381 g/mol. The fraction of sp³-hybridized carbons (Fsp3) is 0.263. The van der Waals surface area contributed by atoms with Crippen molar-refractivity contribution in [1.82, 2.24) is 19.4 Å². The lowest BCUT2D eigenvalue weighted by atomic mass is 9.96. The average Bonchev–Trinajstić information content (AvgIpc) is 3.00. The van der Waals surface area contributed by atoms with Crippen LogP contribution in [0.1, 0.15) is 21.5 Å². The Morgan fingerprint density at radius 2 is 2.04 bits per heavy atom. The van der Waals surface area contributed by atoms with Crippen LogP contribution in [0, 0.1) is 0 Å². The number of nitrogens with zero attached hydrogens (tertiary/aromatic N) is 4. The molecule has 4 rings (SSSR count). The summed E-state index contributed by atoms with van der Waals surface area (Å²) < 4.78 is 6.14. The minimum atomic E-state index is -0.775. The Hall–Kier alpha value is -3.62. The van der Waals surface area contributed by atoms with E-state index in [1.165, 1.54) is 17.2 Å². The Morgan fingerprint density at radius 1 is 1.25 bits per heavy atom. The Bertz CT molecular complexity index is 1160. The Kier molecular flexibility index (Phi) is 4.14. The van der Waals surface area contributed by atoms with E-state index >= 15 is 0 Å². The van der Waals surface area contributed by atoms with Crippen LogP contribution in [0.15, 0.2) is 39.8 Å². The zero-order chi connectivity index (χ0) is 20.0. The summed E-state index contributed by atoms with van der Waals surface area (Å²) in [5.74, 6) is -1.30. The SMILES string of the molecule is CN(C)C(=O)N1CCc2c(cncc2C(=O)n2c(=O)oc3ccc(N)cc32)C1. The summed E-state index contributed by atoms with van der Waals surface area (Å²) in [6.45, 7) is 0.830. The first kappa shape index (κ1) is 17.8. The molecule has 2 N–H and O–H groups in total. The first-order valence-electron chi connectivity index (χ1n) is 8.74. The molecular formula is C19H19N5O4. The van der Waals surface area contributed by atoms with Gasteiger partial charge in [0.05, 0.1) is 5.56 Å². The molecule has 0 atom stereocenters. The molecule has 28 heavy (non-hydrogen) atoms. The highest BCUT2D eigenvalue weighted by molar-refractivity contribution is 6.02. The van der Waals surface area contributed by atoms with Gasteiger partial charge < -0.3 is 20.0 Å². The van der Waals surface area contributed by atoms with Crippen molar-refractivity contribution < 1.29 is 14.0 Å². The van der Waals surface area contributed by atoms with Gasteiger partial charge in [-0.25, -0.2) is 14.2 Å². The van der Waals surface area contributed by atoms with E-state index in [1.807, 2.05) is 0 Å². The third kappa shape index (κ3) is 2.81. The van der Waals surface area contributed by atoms with E-state index in [0.29, 0.717) is 36.3 Å². The predicted octanol–water partition coefficient (Wildman–Crippen LogP) is 1.30. The number of rotatable bonds is 1. The van der Waals surface area contributed by atoms with Crippen molar-refractivity contribution in [3.8, 4) is 0 Å². The van der Waals surface area contributed by atoms with Crippen LogP contribution in [-0.2, 0) is 13.0 Å². The molecule has 0 aliphatic carbocycles. The first-order valence-corrected chi connectivity index (χ1v) is 8.74. The highest BCUT2D eigenvalue weighted by atomic mass is 16.4. The number of oxazole rings is 1. The van der Waals surface area contributed by atoms with Crippen LogP contribution in [-0.4, -0.2) is 51.9 Å². The second-order valence-corrected chi connectivity index (χ2v) is 6.91. The lowest BCUT2D eigenvalue weighted by molar-refractivity contribution is 0.0954. The minimum Gasteiger partial charge on any atom is -0.407 e. The topological polar surface area (TPSA) is 115 Å². The first-order chi connectivity index (χ1) is 13.4. The summed E-state index contributed by atoms with van der Waals surface area (Å²) in [4.78, 5) is 45.1. The molecule has 2 amide bonds. The van der Waals surface area contributed by atoms with E-state index in [-0.39, 0.29) is 11.6 Å². The van der Waals surface area contributed by atoms with Gasteiger partial charge in [0.2, 0.25) is 0 Å². The third-order valence-corrected chi connectivity index (χ3v) is 4.83. The predicted molar refractivity (Wildman–Crippen MR) is 102 cm³/mol. The smallest absolute Gasteiger partial charge is 0.407 e. The Labute approximate surface area is 160 Å². The summed E-state index contributed by atoms with van der Waals surface area (Å²) in [6, 6.07) is 4.58. The number of benzene rings is 1. The quantitative estimate of drug-likeness (QED) is 0.636. The molecule has 0 radical (unpaired) electrons. The number of aromatic nitrogens is 2. The highest BCUT2D eigenvalue weighted by Gasteiger charge is 2.27. The maximum Gasteiger partial charge on any atom is 0.427 e. The summed E-state index contributed by atoms with van der Waals surface area (Å²) in [7, 11) is 3.39. The van der Waals surface area contributed by atoms with E-state index in [0.717, 1.165) is 15.7 Å². The minimum absolute atomic E-state index is 0.102. The van der Waals surface area contributed by atoms with Crippen molar-refractivity contribution in [3.63, 3.8) is 0 Å². The van der Waals surface area contributed by atoms with Crippen LogP contribution in [0.4, 0.5) is 10.5 Å². The summed E-state index contributed by atoms with van der Waals surface area (Å²) in [5.41, 5.74) is 8.70. The summed E-state index contributed by atoms with van der Waals surface area (Å²) in [6.07, 6.45) is 3.59. The van der Waals surface area contributed by atoms with E-state index in [1.54, 1.807) is 37.3 Å². The summed E-state index contributed by atoms with van der Waals surface area (Å²) >= 11 is 0. The molecule has 9 nitrogen and oxygen atoms in total. The number of amides is 2. The van der Waals surface area contributed by atoms with Gasteiger partial charge in [0, 0.05) is 45.3 Å². The van der Waals surface area contributed by atoms with Gasteiger partial charge in [-0.1, -0.05) is 0 Å². The lowest BCUT2D eigenvalue weighted by Gasteiger charge is -2.31. The fourth-order valence-electron chi connectivity index (χ4n) is 3.47. The normalized spacial score (nSPS) is 13.4. The van der Waals surface area contributed by atoms with E-state index in [9.17, 15) is 14.4 Å². The number of carbonyl (C=O) groups is 2. The zero-order valence-electron chi connectivity index (χ0n) is 15.5. The maximum atomic E-state index is 13.2. The summed E-state index contributed by atoms with van der Waals surface area (Å²) in [5, 5.41) is 0. The average molecular weight is 381 g/mol. The number of nitrogens with two attached hydrogens (primary N) is 1. The van der Waals surface area contributed by atoms with Gasteiger partial charge in [0.15, 0.2) is 5.58 Å². The standard InChI is InChI=1S/C19H19N5O4/c1-22(2)18(26)23-6-5-13-11(10-23)8-21-9-14(13)17(25)24-15-7-12(20)3-4-16(15)28-19(24)27/h3-4,7-9H,5-6,10,20H2,1-2H3. The number of hydrogen-bond acceptors (Lipinski definition) is 6. The van der Waals surface area contributed by atoms with Gasteiger partial charge in [-0.15, -0.1) is 0 Å². The van der Waals surface area contributed by atoms with Crippen molar-refractivity contribution in [2.45, 2.75) is 13.0 Å². The number of anilines is 1. The Morgan fingerprint density at radius 3 is 2.79 bits per heavy atom. The second kappa shape index (κ2) is 6.52. The molecule has 0 saturated carbocycles. The number of carbonyl (C=O) groups excluding carboxylic acids is 2. The van der Waals surface area contributed by atoms with E-state index < -0.39 is 11.7 Å². The molecule has 3 aromatic rings. The van der Waals surface area contributed by atoms with Crippen LogP contribution in [0.2, 0.25) is 0 Å². The largest absolute Gasteiger partial charge is 0.427 e. The molecule has 2 aromatic heterocycles. The number of pyridine rings is 1. The lowest BCUT2D eigenvalue weighted by Crippen LogP contribution is -2.42. The molecule has 1 aromatic carbocycles. The van der Waals surface area contributed by atoms with Crippen LogP contribution >= 0.6 is 0 Å². The van der Waals surface area contributed by atoms with Crippen molar-refractivity contribution in [2.24, 2.45) is 0 Å². The second-order valence-electron chi connectivity index (χ2n) is 6.91. The van der Waals surface area contributed by atoms with Gasteiger partial charge in [-0.05, 0) is 35.7 Å². The number of fused-ring (bicyclic) bond motifs is 2. The van der Waals surface area contributed by atoms with Crippen molar-refractivity contribution >= 4 is 28.7 Å². The van der Waals surface area contributed by atoms with Gasteiger partial charge in [0.25, 0.3) is 5.91 Å². The number of nitrogen functional groups attached to an aromatic ring is 1. The van der Waals surface area contributed by atoms with Crippen LogP contribution in [0.25, 0.3) is 11.1 Å². The van der Waals surface area contributed by atoms with Crippen molar-refractivity contribution in [2.75, 3.05) is 26.4 Å². The number of hydrogen-bond donors (Lipinski definition) is 1. The molecule has 3 heterocycles. The van der Waals surface area contributed by atoms with Crippen LogP contribution in [0.3, 0.4) is 0 Å². The number of urea groups is 1. The molecule has 144 valence electrons. The molecular weight excluding hydrogens is 362 g/mol. The molecule has 1 aliphatic heterocycles. The molecule has 0 saturated heterocycles. The fourth-order valence-corrected chi connectivity index (χ4v) is 3.47. The molecule has 9 heteroatoms. The molecule has 0 fully saturated rings. The van der Waals surface area contributed by atoms with Gasteiger partial charge in [0.1, 0.15) is 5.52 Å². The van der Waals surface area contributed by atoms with Gasteiger partial charge in [-0.3, -0.25) is 9.78 Å².